The first-order valence-electron chi connectivity index (χ1n) is 6.12. The second-order valence-corrected chi connectivity index (χ2v) is 5.38. The van der Waals surface area contributed by atoms with Crippen LogP contribution < -0.4 is 5.32 Å². The molecule has 1 aromatic carbocycles. The lowest BCUT2D eigenvalue weighted by Gasteiger charge is -2.19. The average molecular weight is 270 g/mol. The van der Waals surface area contributed by atoms with Crippen LogP contribution in [0.4, 0.5) is 0 Å². The summed E-state index contributed by atoms with van der Waals surface area (Å²) < 4.78 is 0. The molecule has 0 bridgehead atoms. The molecule has 0 aliphatic heterocycles. The van der Waals surface area contributed by atoms with E-state index in [2.05, 4.69) is 19.2 Å². The van der Waals surface area contributed by atoms with Crippen molar-refractivity contribution in [2.24, 2.45) is 5.92 Å². The lowest BCUT2D eigenvalue weighted by Crippen LogP contribution is -2.38. The van der Waals surface area contributed by atoms with Gasteiger partial charge in [0.2, 0.25) is 0 Å². The Morgan fingerprint density at radius 3 is 2.67 bits per heavy atom. The third-order valence-electron chi connectivity index (χ3n) is 2.76. The Kier molecular flexibility index (Phi) is 5.63. The Morgan fingerprint density at radius 1 is 1.44 bits per heavy atom. The molecular formula is C14H20ClNO2. The largest absolute Gasteiger partial charge is 0.394 e. The van der Waals surface area contributed by atoms with Crippen molar-refractivity contribution in [2.75, 3.05) is 6.61 Å². The second-order valence-electron chi connectivity index (χ2n) is 4.94. The predicted molar refractivity (Wildman–Crippen MR) is 74.0 cm³/mol. The minimum absolute atomic E-state index is 0.0521. The van der Waals surface area contributed by atoms with E-state index < -0.39 is 0 Å². The van der Waals surface area contributed by atoms with Crippen LogP contribution in [0.2, 0.25) is 5.02 Å². The van der Waals surface area contributed by atoms with Gasteiger partial charge in [-0.05, 0) is 37.0 Å². The molecule has 1 rings (SSSR count). The molecule has 1 amide bonds. The van der Waals surface area contributed by atoms with E-state index in [0.29, 0.717) is 16.5 Å². The number of hydrogen-bond donors (Lipinski definition) is 2. The summed E-state index contributed by atoms with van der Waals surface area (Å²) in [5, 5.41) is 12.6. The third kappa shape index (κ3) is 4.31. The highest BCUT2D eigenvalue weighted by atomic mass is 35.5. The zero-order chi connectivity index (χ0) is 13.7. The van der Waals surface area contributed by atoms with Gasteiger partial charge in [-0.2, -0.15) is 0 Å². The molecule has 0 radical (unpaired) electrons. The van der Waals surface area contributed by atoms with Crippen molar-refractivity contribution in [1.82, 2.24) is 5.32 Å². The van der Waals surface area contributed by atoms with Crippen molar-refractivity contribution < 1.29 is 9.90 Å². The van der Waals surface area contributed by atoms with E-state index in [-0.39, 0.29) is 18.6 Å². The molecule has 18 heavy (non-hydrogen) atoms. The van der Waals surface area contributed by atoms with Gasteiger partial charge in [0.25, 0.3) is 5.91 Å². The van der Waals surface area contributed by atoms with E-state index in [4.69, 9.17) is 11.6 Å². The number of aryl methyl sites for hydroxylation is 1. The first-order valence-corrected chi connectivity index (χ1v) is 6.49. The molecule has 4 heteroatoms. The van der Waals surface area contributed by atoms with Crippen molar-refractivity contribution >= 4 is 17.5 Å². The van der Waals surface area contributed by atoms with Crippen molar-refractivity contribution in [3.63, 3.8) is 0 Å². The molecule has 3 nitrogen and oxygen atoms in total. The van der Waals surface area contributed by atoms with Gasteiger partial charge in [0.05, 0.1) is 12.6 Å². The lowest BCUT2D eigenvalue weighted by atomic mass is 10.0. The zero-order valence-corrected chi connectivity index (χ0v) is 11.8. The molecular weight excluding hydrogens is 250 g/mol. The standard InChI is InChI=1S/C14H20ClNO2/c1-9(2)6-12(8-17)16-14(18)13-7-11(15)5-4-10(13)3/h4-5,7,9,12,17H,6,8H2,1-3H3,(H,16,18). The van der Waals surface area contributed by atoms with Gasteiger partial charge in [-0.1, -0.05) is 31.5 Å². The molecule has 0 fully saturated rings. The predicted octanol–water partition coefficient (Wildman–Crippen LogP) is 2.79. The maximum atomic E-state index is 12.1. The third-order valence-corrected chi connectivity index (χ3v) is 2.99. The minimum atomic E-state index is -0.212. The van der Waals surface area contributed by atoms with Gasteiger partial charge in [-0.3, -0.25) is 4.79 Å². The Morgan fingerprint density at radius 2 is 2.11 bits per heavy atom. The van der Waals surface area contributed by atoms with Gasteiger partial charge in [0.15, 0.2) is 0 Å². The number of carbonyl (C=O) groups is 1. The van der Waals surface area contributed by atoms with E-state index in [1.54, 1.807) is 12.1 Å². The van der Waals surface area contributed by atoms with Crippen LogP contribution in [0, 0.1) is 12.8 Å². The number of aliphatic hydroxyl groups excluding tert-OH is 1. The molecule has 2 N–H and O–H groups in total. The molecule has 0 heterocycles. The zero-order valence-electron chi connectivity index (χ0n) is 11.0. The fraction of sp³-hybridized carbons (Fsp3) is 0.500. The van der Waals surface area contributed by atoms with Crippen molar-refractivity contribution in [3.05, 3.63) is 34.3 Å². The van der Waals surface area contributed by atoms with E-state index >= 15 is 0 Å². The van der Waals surface area contributed by atoms with Crippen LogP contribution in [0.5, 0.6) is 0 Å². The molecule has 1 aromatic rings. The minimum Gasteiger partial charge on any atom is -0.394 e. The summed E-state index contributed by atoms with van der Waals surface area (Å²) in [6.07, 6.45) is 0.752. The van der Waals surface area contributed by atoms with Crippen LogP contribution in [-0.4, -0.2) is 23.7 Å². The number of carbonyl (C=O) groups excluding carboxylic acids is 1. The van der Waals surface area contributed by atoms with E-state index in [0.717, 1.165) is 12.0 Å². The van der Waals surface area contributed by atoms with Crippen molar-refractivity contribution in [2.45, 2.75) is 33.2 Å². The van der Waals surface area contributed by atoms with Crippen LogP contribution in [0.25, 0.3) is 0 Å². The summed E-state index contributed by atoms with van der Waals surface area (Å²) in [5.41, 5.74) is 1.43. The van der Waals surface area contributed by atoms with Gasteiger partial charge in [0.1, 0.15) is 0 Å². The number of amides is 1. The average Bonchev–Trinajstić information content (AvgIpc) is 2.30. The first kappa shape index (κ1) is 15.0. The first-order chi connectivity index (χ1) is 8.43. The smallest absolute Gasteiger partial charge is 0.251 e. The van der Waals surface area contributed by atoms with E-state index in [1.807, 2.05) is 13.0 Å². The highest BCUT2D eigenvalue weighted by Crippen LogP contribution is 2.16. The van der Waals surface area contributed by atoms with Gasteiger partial charge in [-0.25, -0.2) is 0 Å². The Labute approximate surface area is 113 Å². The summed E-state index contributed by atoms with van der Waals surface area (Å²) >= 11 is 5.89. The van der Waals surface area contributed by atoms with Gasteiger partial charge in [0, 0.05) is 10.6 Å². The summed E-state index contributed by atoms with van der Waals surface area (Å²) in [6, 6.07) is 5.01. The Bertz CT molecular complexity index is 418. The molecule has 0 saturated heterocycles. The molecule has 0 aromatic heterocycles. The molecule has 1 unspecified atom stereocenters. The highest BCUT2D eigenvalue weighted by Gasteiger charge is 2.16. The van der Waals surface area contributed by atoms with Crippen LogP contribution in [-0.2, 0) is 0 Å². The van der Waals surface area contributed by atoms with Gasteiger partial charge in [-0.15, -0.1) is 0 Å². The lowest BCUT2D eigenvalue weighted by molar-refractivity contribution is 0.0907. The number of benzene rings is 1. The number of hydrogen-bond acceptors (Lipinski definition) is 2. The normalized spacial score (nSPS) is 12.6. The number of halogens is 1. The Hall–Kier alpha value is -1.06. The summed E-state index contributed by atoms with van der Waals surface area (Å²) in [5.74, 6) is 0.234. The quantitative estimate of drug-likeness (QED) is 0.864. The molecule has 0 aliphatic rings. The fourth-order valence-corrected chi connectivity index (χ4v) is 2.02. The molecule has 100 valence electrons. The highest BCUT2D eigenvalue weighted by molar-refractivity contribution is 6.31. The van der Waals surface area contributed by atoms with Gasteiger partial charge < -0.3 is 10.4 Å². The van der Waals surface area contributed by atoms with Crippen LogP contribution >= 0.6 is 11.6 Å². The SMILES string of the molecule is Cc1ccc(Cl)cc1C(=O)NC(CO)CC(C)C. The van der Waals surface area contributed by atoms with Crippen molar-refractivity contribution in [3.8, 4) is 0 Å². The number of rotatable bonds is 5. The van der Waals surface area contributed by atoms with E-state index in [9.17, 15) is 9.90 Å². The molecule has 0 spiro atoms. The van der Waals surface area contributed by atoms with E-state index in [1.165, 1.54) is 0 Å². The number of nitrogens with one attached hydrogen (secondary N) is 1. The number of aliphatic hydroxyl groups is 1. The maximum absolute atomic E-state index is 12.1. The summed E-state index contributed by atoms with van der Waals surface area (Å²) in [7, 11) is 0. The Balaban J connectivity index is 2.77. The van der Waals surface area contributed by atoms with Crippen LogP contribution in [0.15, 0.2) is 18.2 Å². The fourth-order valence-electron chi connectivity index (χ4n) is 1.85. The van der Waals surface area contributed by atoms with Crippen LogP contribution in [0.1, 0.15) is 36.2 Å². The van der Waals surface area contributed by atoms with Gasteiger partial charge >= 0.3 is 0 Å². The summed E-state index contributed by atoms with van der Waals surface area (Å²) in [4.78, 5) is 12.1. The molecule has 0 saturated carbocycles. The monoisotopic (exact) mass is 269 g/mol. The topological polar surface area (TPSA) is 49.3 Å². The summed E-state index contributed by atoms with van der Waals surface area (Å²) in [6.45, 7) is 5.92. The van der Waals surface area contributed by atoms with Crippen LogP contribution in [0.3, 0.4) is 0 Å². The molecule has 1 atom stereocenters. The second kappa shape index (κ2) is 6.76. The molecule has 0 aliphatic carbocycles. The van der Waals surface area contributed by atoms with Crippen molar-refractivity contribution in [1.29, 1.82) is 0 Å². The maximum Gasteiger partial charge on any atom is 0.251 e.